The zero-order valence-electron chi connectivity index (χ0n) is 9.63. The monoisotopic (exact) mass is 251 g/mol. The first-order chi connectivity index (χ1) is 8.29. The smallest absolute Gasteiger partial charge is 0.261 e. The van der Waals surface area contributed by atoms with Gasteiger partial charge in [-0.05, 0) is 42.5 Å². The molecule has 3 rings (SSSR count). The Kier molecular flexibility index (Phi) is 2.92. The van der Waals surface area contributed by atoms with E-state index >= 15 is 0 Å². The van der Waals surface area contributed by atoms with Crippen LogP contribution in [-0.2, 0) is 0 Å². The lowest BCUT2D eigenvalue weighted by molar-refractivity contribution is 0.0865. The zero-order valence-corrected chi connectivity index (χ0v) is 10.5. The van der Waals surface area contributed by atoms with Crippen LogP contribution in [0.15, 0.2) is 17.5 Å². The molecule has 2 aliphatic rings. The first-order valence-electron chi connectivity index (χ1n) is 6.25. The van der Waals surface area contributed by atoms with Crippen LogP contribution >= 0.6 is 11.3 Å². The normalized spacial score (nSPS) is 35.1. The van der Waals surface area contributed by atoms with E-state index in [-0.39, 0.29) is 24.5 Å². The van der Waals surface area contributed by atoms with Crippen LogP contribution in [0.5, 0.6) is 0 Å². The second kappa shape index (κ2) is 4.42. The summed E-state index contributed by atoms with van der Waals surface area (Å²) in [7, 11) is 0. The number of amides is 1. The van der Waals surface area contributed by atoms with Crippen LogP contribution in [-0.4, -0.2) is 23.7 Å². The van der Waals surface area contributed by atoms with Crippen molar-refractivity contribution in [1.82, 2.24) is 5.32 Å². The summed E-state index contributed by atoms with van der Waals surface area (Å²) in [5.41, 5.74) is 0. The van der Waals surface area contributed by atoms with E-state index in [1.165, 1.54) is 30.6 Å². The van der Waals surface area contributed by atoms with Crippen LogP contribution in [0.1, 0.15) is 28.9 Å². The minimum atomic E-state index is 0.0241. The molecule has 1 aromatic rings. The maximum atomic E-state index is 12.0. The molecule has 0 radical (unpaired) electrons. The van der Waals surface area contributed by atoms with Gasteiger partial charge in [-0.1, -0.05) is 6.07 Å². The number of nitrogens with one attached hydrogen (secondary N) is 1. The van der Waals surface area contributed by atoms with Crippen LogP contribution in [0.2, 0.25) is 0 Å². The Bertz CT molecular complexity index is 404. The zero-order chi connectivity index (χ0) is 11.8. The van der Waals surface area contributed by atoms with Crippen LogP contribution < -0.4 is 5.32 Å². The van der Waals surface area contributed by atoms with Crippen molar-refractivity contribution >= 4 is 17.2 Å². The fourth-order valence-electron chi connectivity index (χ4n) is 3.53. The molecule has 0 spiro atoms. The molecule has 17 heavy (non-hydrogen) atoms. The van der Waals surface area contributed by atoms with E-state index in [4.69, 9.17) is 0 Å². The first kappa shape index (κ1) is 11.2. The Balaban J connectivity index is 1.71. The summed E-state index contributed by atoms with van der Waals surface area (Å²) in [5.74, 6) is 1.51. The van der Waals surface area contributed by atoms with Crippen molar-refractivity contribution in [3.8, 4) is 0 Å². The quantitative estimate of drug-likeness (QED) is 0.862. The van der Waals surface area contributed by atoms with Crippen molar-refractivity contribution in [2.75, 3.05) is 6.61 Å². The number of rotatable bonds is 3. The molecule has 2 fully saturated rings. The minimum Gasteiger partial charge on any atom is -0.396 e. The number of carbonyl (C=O) groups is 1. The Morgan fingerprint density at radius 2 is 2.29 bits per heavy atom. The second-order valence-electron chi connectivity index (χ2n) is 5.16. The van der Waals surface area contributed by atoms with Crippen molar-refractivity contribution in [1.29, 1.82) is 0 Å². The summed E-state index contributed by atoms with van der Waals surface area (Å²) in [6, 6.07) is 3.93. The summed E-state index contributed by atoms with van der Waals surface area (Å²) in [4.78, 5) is 12.8. The fourth-order valence-corrected chi connectivity index (χ4v) is 4.16. The molecule has 92 valence electrons. The molecule has 0 aromatic carbocycles. The number of fused-ring (bicyclic) bond motifs is 2. The lowest BCUT2D eigenvalue weighted by atomic mass is 9.85. The van der Waals surface area contributed by atoms with Gasteiger partial charge in [0, 0.05) is 18.6 Å². The van der Waals surface area contributed by atoms with Gasteiger partial charge in [-0.2, -0.15) is 0 Å². The molecule has 1 heterocycles. The third kappa shape index (κ3) is 1.89. The molecule has 2 N–H and O–H groups in total. The number of carbonyl (C=O) groups excluding carboxylic acids is 1. The predicted octanol–water partition coefficient (Wildman–Crippen LogP) is 1.88. The predicted molar refractivity (Wildman–Crippen MR) is 67.0 cm³/mol. The molecule has 1 amide bonds. The van der Waals surface area contributed by atoms with Gasteiger partial charge in [0.2, 0.25) is 0 Å². The molecule has 0 aliphatic heterocycles. The van der Waals surface area contributed by atoms with Crippen LogP contribution in [0, 0.1) is 17.8 Å². The highest BCUT2D eigenvalue weighted by Gasteiger charge is 2.47. The highest BCUT2D eigenvalue weighted by Crippen LogP contribution is 2.48. The lowest BCUT2D eigenvalue weighted by Crippen LogP contribution is -2.45. The van der Waals surface area contributed by atoms with Gasteiger partial charge >= 0.3 is 0 Å². The van der Waals surface area contributed by atoms with Crippen molar-refractivity contribution in [2.45, 2.75) is 25.3 Å². The summed E-state index contributed by atoms with van der Waals surface area (Å²) >= 11 is 1.47. The van der Waals surface area contributed by atoms with E-state index in [9.17, 15) is 9.90 Å². The molecule has 2 bridgehead atoms. The van der Waals surface area contributed by atoms with E-state index in [1.807, 2.05) is 17.5 Å². The van der Waals surface area contributed by atoms with E-state index in [1.54, 1.807) is 0 Å². The highest BCUT2D eigenvalue weighted by atomic mass is 32.1. The summed E-state index contributed by atoms with van der Waals surface area (Å²) in [6.07, 6.45) is 3.61. The largest absolute Gasteiger partial charge is 0.396 e. The SMILES string of the molecule is O=C(NC1C2CCC(C2)C1CO)c1cccs1. The van der Waals surface area contributed by atoms with Gasteiger partial charge in [0.15, 0.2) is 0 Å². The van der Waals surface area contributed by atoms with Crippen molar-refractivity contribution in [3.63, 3.8) is 0 Å². The molecular weight excluding hydrogens is 234 g/mol. The van der Waals surface area contributed by atoms with E-state index < -0.39 is 0 Å². The second-order valence-corrected chi connectivity index (χ2v) is 6.10. The van der Waals surface area contributed by atoms with E-state index in [2.05, 4.69) is 5.32 Å². The fraction of sp³-hybridized carbons (Fsp3) is 0.615. The molecule has 4 unspecified atom stereocenters. The molecule has 2 aliphatic carbocycles. The van der Waals surface area contributed by atoms with Crippen molar-refractivity contribution in [2.24, 2.45) is 17.8 Å². The molecule has 4 atom stereocenters. The average molecular weight is 251 g/mol. The average Bonchev–Trinajstić information content (AvgIpc) is 3.05. The molecule has 1 aromatic heterocycles. The summed E-state index contributed by atoms with van der Waals surface area (Å²) in [6.45, 7) is 0.205. The standard InChI is InChI=1S/C13H17NO2S/c15-7-10-8-3-4-9(6-8)12(10)14-13(16)11-2-1-5-17-11/h1-2,5,8-10,12,15H,3-4,6-7H2,(H,14,16). The highest BCUT2D eigenvalue weighted by molar-refractivity contribution is 7.12. The van der Waals surface area contributed by atoms with Crippen molar-refractivity contribution < 1.29 is 9.90 Å². The topological polar surface area (TPSA) is 49.3 Å². The van der Waals surface area contributed by atoms with Gasteiger partial charge in [-0.15, -0.1) is 11.3 Å². The van der Waals surface area contributed by atoms with E-state index in [0.717, 1.165) is 4.88 Å². The lowest BCUT2D eigenvalue weighted by Gasteiger charge is -2.30. The Labute approximate surface area is 105 Å². The first-order valence-corrected chi connectivity index (χ1v) is 7.13. The maximum absolute atomic E-state index is 12.0. The Morgan fingerprint density at radius 1 is 1.47 bits per heavy atom. The molecule has 0 saturated heterocycles. The van der Waals surface area contributed by atoms with Crippen LogP contribution in [0.3, 0.4) is 0 Å². The Morgan fingerprint density at radius 3 is 3.00 bits per heavy atom. The third-order valence-electron chi connectivity index (χ3n) is 4.34. The van der Waals surface area contributed by atoms with Gasteiger partial charge in [0.25, 0.3) is 5.91 Å². The number of hydrogen-bond donors (Lipinski definition) is 2. The van der Waals surface area contributed by atoms with Gasteiger partial charge in [0.1, 0.15) is 0 Å². The van der Waals surface area contributed by atoms with Gasteiger partial charge in [0.05, 0.1) is 4.88 Å². The van der Waals surface area contributed by atoms with Gasteiger partial charge in [-0.3, -0.25) is 4.79 Å². The summed E-state index contributed by atoms with van der Waals surface area (Å²) in [5, 5.41) is 14.5. The number of thiophene rings is 1. The van der Waals surface area contributed by atoms with E-state index in [0.29, 0.717) is 11.8 Å². The molecule has 2 saturated carbocycles. The number of aliphatic hydroxyl groups is 1. The Hall–Kier alpha value is -0.870. The minimum absolute atomic E-state index is 0.0241. The van der Waals surface area contributed by atoms with Gasteiger partial charge < -0.3 is 10.4 Å². The third-order valence-corrected chi connectivity index (χ3v) is 5.21. The number of aliphatic hydroxyl groups excluding tert-OH is 1. The number of hydrogen-bond acceptors (Lipinski definition) is 3. The van der Waals surface area contributed by atoms with Gasteiger partial charge in [-0.25, -0.2) is 0 Å². The molecule has 4 heteroatoms. The summed E-state index contributed by atoms with van der Waals surface area (Å²) < 4.78 is 0. The van der Waals surface area contributed by atoms with Crippen molar-refractivity contribution in [3.05, 3.63) is 22.4 Å². The maximum Gasteiger partial charge on any atom is 0.261 e. The molecule has 3 nitrogen and oxygen atoms in total. The van der Waals surface area contributed by atoms with Crippen LogP contribution in [0.4, 0.5) is 0 Å². The molecular formula is C13H17NO2S. The van der Waals surface area contributed by atoms with Crippen LogP contribution in [0.25, 0.3) is 0 Å².